The highest BCUT2D eigenvalue weighted by atomic mass is 32.1. The molecule has 3 aromatic heterocycles. The van der Waals surface area contributed by atoms with Gasteiger partial charge in [-0.1, -0.05) is 0 Å². The molecule has 0 atom stereocenters. The first-order chi connectivity index (χ1) is 10.2. The number of hydrogen-bond acceptors (Lipinski definition) is 7. The van der Waals surface area contributed by atoms with Crippen LogP contribution in [0.2, 0.25) is 0 Å². The Labute approximate surface area is 129 Å². The Bertz CT molecular complexity index is 779. The van der Waals surface area contributed by atoms with Crippen LogP contribution in [0.4, 0.5) is 5.13 Å². The maximum Gasteiger partial charge on any atom is 0.204 e. The van der Waals surface area contributed by atoms with Gasteiger partial charge in [0.25, 0.3) is 0 Å². The minimum atomic E-state index is -0.0581. The molecule has 0 saturated heterocycles. The van der Waals surface area contributed by atoms with Crippen LogP contribution in [0.3, 0.4) is 0 Å². The summed E-state index contributed by atoms with van der Waals surface area (Å²) in [5, 5.41) is 2.38. The number of nitrogens with zero attached hydrogens (tertiary/aromatic N) is 2. The van der Waals surface area contributed by atoms with Gasteiger partial charge in [0.15, 0.2) is 5.13 Å². The molecule has 0 radical (unpaired) electrons. The van der Waals surface area contributed by atoms with Crippen LogP contribution in [0.5, 0.6) is 0 Å². The van der Waals surface area contributed by atoms with Crippen LogP contribution >= 0.6 is 22.7 Å². The lowest BCUT2D eigenvalue weighted by atomic mass is 10.1. The van der Waals surface area contributed by atoms with Crippen LogP contribution < -0.4 is 11.5 Å². The van der Waals surface area contributed by atoms with Crippen LogP contribution in [0.1, 0.15) is 20.8 Å². The fraction of sp³-hybridized carbons (Fsp3) is 0.0714. The van der Waals surface area contributed by atoms with Gasteiger partial charge in [0.1, 0.15) is 0 Å². The van der Waals surface area contributed by atoms with Crippen molar-refractivity contribution in [3.63, 3.8) is 0 Å². The molecule has 0 bridgehead atoms. The molecule has 0 aromatic carbocycles. The van der Waals surface area contributed by atoms with E-state index in [1.807, 2.05) is 11.4 Å². The van der Waals surface area contributed by atoms with E-state index in [-0.39, 0.29) is 5.78 Å². The third-order valence-electron chi connectivity index (χ3n) is 2.93. The largest absolute Gasteiger partial charge is 0.375 e. The van der Waals surface area contributed by atoms with E-state index in [0.717, 1.165) is 16.1 Å². The molecule has 0 aliphatic rings. The number of thiophene rings is 1. The number of thiazole rings is 1. The number of nitrogens with two attached hydrogens (primary N) is 2. The summed E-state index contributed by atoms with van der Waals surface area (Å²) in [7, 11) is 0. The van der Waals surface area contributed by atoms with Crippen LogP contribution in [0, 0.1) is 0 Å². The third-order valence-corrected chi connectivity index (χ3v) is 4.80. The number of carbonyl (C=O) groups is 1. The second kappa shape index (κ2) is 5.72. The summed E-state index contributed by atoms with van der Waals surface area (Å²) >= 11 is 2.75. The second-order valence-electron chi connectivity index (χ2n) is 4.31. The minimum Gasteiger partial charge on any atom is -0.375 e. The molecule has 21 heavy (non-hydrogen) atoms. The Balaban J connectivity index is 2.02. The lowest BCUT2D eigenvalue weighted by Crippen LogP contribution is -1.99. The molecule has 3 aromatic rings. The topological polar surface area (TPSA) is 94.9 Å². The van der Waals surface area contributed by atoms with Gasteiger partial charge in [0.2, 0.25) is 5.78 Å². The van der Waals surface area contributed by atoms with Gasteiger partial charge in [0.05, 0.1) is 15.4 Å². The van der Waals surface area contributed by atoms with Crippen molar-refractivity contribution in [1.29, 1.82) is 0 Å². The third kappa shape index (κ3) is 2.71. The lowest BCUT2D eigenvalue weighted by molar-refractivity contribution is 0.104. The Morgan fingerprint density at radius 3 is 2.86 bits per heavy atom. The van der Waals surface area contributed by atoms with Crippen molar-refractivity contribution in [2.24, 2.45) is 5.73 Å². The fourth-order valence-electron chi connectivity index (χ4n) is 1.94. The van der Waals surface area contributed by atoms with Crippen LogP contribution in [-0.2, 0) is 6.54 Å². The van der Waals surface area contributed by atoms with Crippen molar-refractivity contribution in [2.75, 3.05) is 5.73 Å². The Kier molecular flexibility index (Phi) is 3.78. The van der Waals surface area contributed by atoms with E-state index in [1.165, 1.54) is 22.7 Å². The van der Waals surface area contributed by atoms with Crippen LogP contribution in [0.15, 0.2) is 36.0 Å². The van der Waals surface area contributed by atoms with Crippen LogP contribution in [-0.4, -0.2) is 15.8 Å². The van der Waals surface area contributed by atoms with Crippen molar-refractivity contribution >= 4 is 33.6 Å². The summed E-state index contributed by atoms with van der Waals surface area (Å²) in [5.74, 6) is -0.0581. The Morgan fingerprint density at radius 1 is 1.38 bits per heavy atom. The van der Waals surface area contributed by atoms with Gasteiger partial charge in [-0.2, -0.15) is 0 Å². The Morgan fingerprint density at radius 2 is 2.24 bits per heavy atom. The van der Waals surface area contributed by atoms with Crippen LogP contribution in [0.25, 0.3) is 10.6 Å². The standard InChI is InChI=1S/C14H12N4OS2/c15-5-9-4-11(12(19)8-2-1-3-17-6-8)21-13(9)10-7-20-14(16)18-10/h1-4,6-7H,5,15H2,(H2,16,18). The molecule has 0 aliphatic heterocycles. The number of anilines is 1. The maximum atomic E-state index is 12.5. The molecule has 5 nitrogen and oxygen atoms in total. The zero-order chi connectivity index (χ0) is 14.8. The van der Waals surface area contributed by atoms with Gasteiger partial charge in [0, 0.05) is 29.9 Å². The number of nitrogen functional groups attached to an aromatic ring is 1. The number of aromatic nitrogens is 2. The van der Waals surface area contributed by atoms with Crippen molar-refractivity contribution < 1.29 is 4.79 Å². The maximum absolute atomic E-state index is 12.5. The molecule has 0 fully saturated rings. The van der Waals surface area contributed by atoms with Crippen molar-refractivity contribution in [2.45, 2.75) is 6.54 Å². The van der Waals surface area contributed by atoms with Crippen molar-refractivity contribution in [1.82, 2.24) is 9.97 Å². The zero-order valence-electron chi connectivity index (χ0n) is 10.9. The minimum absolute atomic E-state index is 0.0581. The summed E-state index contributed by atoms with van der Waals surface area (Å²) < 4.78 is 0. The van der Waals surface area contributed by atoms with E-state index >= 15 is 0 Å². The van der Waals surface area contributed by atoms with E-state index in [9.17, 15) is 4.79 Å². The van der Waals surface area contributed by atoms with Crippen molar-refractivity contribution in [3.8, 4) is 10.6 Å². The lowest BCUT2D eigenvalue weighted by Gasteiger charge is -1.95. The molecule has 0 amide bonds. The monoisotopic (exact) mass is 316 g/mol. The first-order valence-electron chi connectivity index (χ1n) is 6.18. The summed E-state index contributed by atoms with van der Waals surface area (Å²) in [5.41, 5.74) is 13.7. The predicted molar refractivity (Wildman–Crippen MR) is 85.4 cm³/mol. The molecule has 106 valence electrons. The summed E-state index contributed by atoms with van der Waals surface area (Å²) in [6, 6.07) is 5.31. The first kappa shape index (κ1) is 13.9. The molecule has 7 heteroatoms. The van der Waals surface area contributed by atoms with Gasteiger partial charge < -0.3 is 11.5 Å². The van der Waals surface area contributed by atoms with Gasteiger partial charge in [-0.15, -0.1) is 22.7 Å². The van der Waals surface area contributed by atoms with Gasteiger partial charge in [-0.25, -0.2) is 4.98 Å². The number of pyridine rings is 1. The zero-order valence-corrected chi connectivity index (χ0v) is 12.6. The average molecular weight is 316 g/mol. The van der Waals surface area contributed by atoms with Gasteiger partial charge in [-0.05, 0) is 23.8 Å². The molecule has 0 saturated carbocycles. The smallest absolute Gasteiger partial charge is 0.204 e. The fourth-order valence-corrected chi connectivity index (χ4v) is 3.68. The second-order valence-corrected chi connectivity index (χ2v) is 6.25. The molecule has 0 aliphatic carbocycles. The van der Waals surface area contributed by atoms with E-state index < -0.39 is 0 Å². The number of ketones is 1. The van der Waals surface area contributed by atoms with E-state index in [1.54, 1.807) is 24.5 Å². The summed E-state index contributed by atoms with van der Waals surface area (Å²) in [4.78, 5) is 22.2. The summed E-state index contributed by atoms with van der Waals surface area (Å²) in [6.07, 6.45) is 3.20. The Hall–Kier alpha value is -2.09. The summed E-state index contributed by atoms with van der Waals surface area (Å²) in [6.45, 7) is 0.351. The van der Waals surface area contributed by atoms with Gasteiger partial charge >= 0.3 is 0 Å². The number of carbonyl (C=O) groups excluding carboxylic acids is 1. The number of hydrogen-bond donors (Lipinski definition) is 2. The van der Waals surface area contributed by atoms with E-state index in [4.69, 9.17) is 11.5 Å². The highest BCUT2D eigenvalue weighted by Gasteiger charge is 2.18. The molecular formula is C14H12N4OS2. The van der Waals surface area contributed by atoms with E-state index in [0.29, 0.717) is 22.1 Å². The van der Waals surface area contributed by atoms with Crippen molar-refractivity contribution in [3.05, 3.63) is 52.0 Å². The highest BCUT2D eigenvalue weighted by molar-refractivity contribution is 7.18. The molecule has 3 heterocycles. The van der Waals surface area contributed by atoms with Gasteiger partial charge in [-0.3, -0.25) is 9.78 Å². The molecule has 3 rings (SSSR count). The average Bonchev–Trinajstić information content (AvgIpc) is 3.13. The predicted octanol–water partition coefficient (Wildman–Crippen LogP) is 2.54. The van der Waals surface area contributed by atoms with E-state index in [2.05, 4.69) is 9.97 Å². The SMILES string of the molecule is NCc1cc(C(=O)c2cccnc2)sc1-c1csc(N)n1. The molecule has 0 spiro atoms. The molecular weight excluding hydrogens is 304 g/mol. The molecule has 0 unspecified atom stereocenters. The normalized spacial score (nSPS) is 10.7. The highest BCUT2D eigenvalue weighted by Crippen LogP contribution is 2.34. The first-order valence-corrected chi connectivity index (χ1v) is 7.87. The number of rotatable bonds is 4. The quantitative estimate of drug-likeness (QED) is 0.721. The molecule has 4 N–H and O–H groups in total.